The largest absolute Gasteiger partial charge is 0.301 e. The van der Waals surface area contributed by atoms with Crippen LogP contribution in [0, 0.1) is 0 Å². The fourth-order valence-electron chi connectivity index (χ4n) is 0.368. The highest BCUT2D eigenvalue weighted by atomic mass is 19.2. The minimum absolute atomic E-state index is 0.0833. The standard InChI is InChI=1S/C5H11FN2O/c1-7(2)4-5(9)8(3)6/h4H2,1-3H3. The number of hydrogen-bond acceptors (Lipinski definition) is 2. The highest BCUT2D eigenvalue weighted by Gasteiger charge is 2.06. The van der Waals surface area contributed by atoms with Gasteiger partial charge in [0.1, 0.15) is 0 Å². The fraction of sp³-hybridized carbons (Fsp3) is 0.800. The summed E-state index contributed by atoms with van der Waals surface area (Å²) in [5.74, 6) is -0.528. The molecule has 9 heavy (non-hydrogen) atoms. The van der Waals surface area contributed by atoms with E-state index in [-0.39, 0.29) is 11.7 Å². The maximum Gasteiger partial charge on any atom is 0.264 e. The predicted octanol–water partition coefficient (Wildman–Crippen LogP) is -0.109. The third-order valence-corrected chi connectivity index (χ3v) is 0.795. The van der Waals surface area contributed by atoms with Gasteiger partial charge in [0.25, 0.3) is 5.91 Å². The summed E-state index contributed by atoms with van der Waals surface area (Å²) in [4.78, 5) is 12.1. The summed E-state index contributed by atoms with van der Waals surface area (Å²) in [5, 5.41) is 0.0833. The molecular weight excluding hydrogens is 123 g/mol. The van der Waals surface area contributed by atoms with Gasteiger partial charge in [-0.1, -0.05) is 4.48 Å². The number of hydrogen-bond donors (Lipinski definition) is 0. The summed E-state index contributed by atoms with van der Waals surface area (Å²) >= 11 is 0. The van der Waals surface area contributed by atoms with Gasteiger partial charge >= 0.3 is 0 Å². The van der Waals surface area contributed by atoms with Crippen molar-refractivity contribution in [2.75, 3.05) is 27.7 Å². The van der Waals surface area contributed by atoms with Crippen LogP contribution in [-0.2, 0) is 4.79 Å². The Morgan fingerprint density at radius 2 is 1.89 bits per heavy atom. The van der Waals surface area contributed by atoms with Crippen LogP contribution in [0.25, 0.3) is 0 Å². The van der Waals surface area contributed by atoms with Crippen molar-refractivity contribution in [3.8, 4) is 0 Å². The van der Waals surface area contributed by atoms with Gasteiger partial charge in [0.15, 0.2) is 0 Å². The second kappa shape index (κ2) is 3.40. The molecule has 0 bridgehead atoms. The number of carbonyl (C=O) groups is 1. The number of rotatable bonds is 2. The Hall–Kier alpha value is -0.640. The maximum atomic E-state index is 11.9. The number of amides is 1. The summed E-state index contributed by atoms with van der Waals surface area (Å²) in [6.07, 6.45) is 0. The number of nitrogens with zero attached hydrogens (tertiary/aromatic N) is 2. The second-order valence-electron chi connectivity index (χ2n) is 2.11. The van der Waals surface area contributed by atoms with Crippen LogP contribution in [-0.4, -0.2) is 43.6 Å². The van der Waals surface area contributed by atoms with Crippen LogP contribution in [0.15, 0.2) is 0 Å². The van der Waals surface area contributed by atoms with E-state index in [0.717, 1.165) is 7.05 Å². The lowest BCUT2D eigenvalue weighted by atomic mass is 10.5. The van der Waals surface area contributed by atoms with Crippen LogP contribution in [0.4, 0.5) is 4.48 Å². The van der Waals surface area contributed by atoms with Crippen molar-refractivity contribution in [2.24, 2.45) is 0 Å². The van der Waals surface area contributed by atoms with Gasteiger partial charge in [-0.05, 0) is 14.1 Å². The average Bonchev–Trinajstić information content (AvgIpc) is 1.63. The van der Waals surface area contributed by atoms with E-state index in [4.69, 9.17) is 0 Å². The zero-order valence-electron chi connectivity index (χ0n) is 5.89. The van der Waals surface area contributed by atoms with Gasteiger partial charge in [0.2, 0.25) is 0 Å². The minimum Gasteiger partial charge on any atom is -0.301 e. The van der Waals surface area contributed by atoms with Crippen molar-refractivity contribution in [1.29, 1.82) is 0 Å². The number of carbonyl (C=O) groups excluding carboxylic acids is 1. The van der Waals surface area contributed by atoms with Gasteiger partial charge in [0, 0.05) is 7.05 Å². The Balaban J connectivity index is 3.51. The molecule has 0 heterocycles. The van der Waals surface area contributed by atoms with E-state index in [1.807, 2.05) is 0 Å². The van der Waals surface area contributed by atoms with Crippen molar-refractivity contribution in [3.63, 3.8) is 0 Å². The van der Waals surface area contributed by atoms with Crippen LogP contribution in [0.1, 0.15) is 0 Å². The Morgan fingerprint density at radius 1 is 1.44 bits per heavy atom. The summed E-state index contributed by atoms with van der Waals surface area (Å²) in [6.45, 7) is 0.118. The summed E-state index contributed by atoms with van der Waals surface area (Å²) in [7, 11) is 4.51. The van der Waals surface area contributed by atoms with Gasteiger partial charge in [-0.15, -0.1) is 0 Å². The molecule has 54 valence electrons. The molecule has 0 radical (unpaired) electrons. The van der Waals surface area contributed by atoms with Gasteiger partial charge < -0.3 is 4.90 Å². The molecule has 0 aromatic heterocycles. The van der Waals surface area contributed by atoms with Crippen molar-refractivity contribution in [2.45, 2.75) is 0 Å². The van der Waals surface area contributed by atoms with Crippen LogP contribution in [0.5, 0.6) is 0 Å². The van der Waals surface area contributed by atoms with E-state index < -0.39 is 5.91 Å². The minimum atomic E-state index is -0.528. The SMILES string of the molecule is CN(C)CC(=O)N(C)F. The van der Waals surface area contributed by atoms with Crippen molar-refractivity contribution >= 4 is 5.91 Å². The molecular formula is C5H11FN2O. The Kier molecular flexibility index (Phi) is 3.16. The first-order valence-corrected chi connectivity index (χ1v) is 2.61. The lowest BCUT2D eigenvalue weighted by Crippen LogP contribution is -2.29. The monoisotopic (exact) mass is 134 g/mol. The molecule has 0 atom stereocenters. The van der Waals surface area contributed by atoms with E-state index in [0.29, 0.717) is 0 Å². The predicted molar refractivity (Wildman–Crippen MR) is 32.4 cm³/mol. The number of halogens is 1. The Labute approximate surface area is 54.0 Å². The molecule has 0 aliphatic rings. The lowest BCUT2D eigenvalue weighted by Gasteiger charge is -2.09. The fourth-order valence-corrected chi connectivity index (χ4v) is 0.368. The van der Waals surface area contributed by atoms with Crippen molar-refractivity contribution in [3.05, 3.63) is 0 Å². The Bertz CT molecular complexity index is 103. The zero-order valence-corrected chi connectivity index (χ0v) is 5.89. The molecule has 0 aromatic carbocycles. The molecule has 0 aliphatic heterocycles. The van der Waals surface area contributed by atoms with Gasteiger partial charge in [0.05, 0.1) is 6.54 Å². The maximum absolute atomic E-state index is 11.9. The topological polar surface area (TPSA) is 23.6 Å². The first-order chi connectivity index (χ1) is 4.04. The quantitative estimate of drug-likeness (QED) is 0.492. The highest BCUT2D eigenvalue weighted by molar-refractivity contribution is 5.76. The van der Waals surface area contributed by atoms with Crippen LogP contribution in [0.2, 0.25) is 0 Å². The third-order valence-electron chi connectivity index (χ3n) is 0.795. The van der Waals surface area contributed by atoms with Gasteiger partial charge in [-0.3, -0.25) is 4.79 Å². The van der Waals surface area contributed by atoms with E-state index in [9.17, 15) is 9.28 Å². The number of likely N-dealkylation sites (N-methyl/N-ethyl adjacent to an activating group) is 2. The van der Waals surface area contributed by atoms with Crippen molar-refractivity contribution < 1.29 is 9.28 Å². The molecule has 3 nitrogen and oxygen atoms in total. The molecule has 0 unspecified atom stereocenters. The Morgan fingerprint density at radius 3 is 2.00 bits per heavy atom. The smallest absolute Gasteiger partial charge is 0.264 e. The van der Waals surface area contributed by atoms with E-state index >= 15 is 0 Å². The molecule has 0 spiro atoms. The molecule has 0 fully saturated rings. The highest BCUT2D eigenvalue weighted by Crippen LogP contribution is 1.85. The van der Waals surface area contributed by atoms with Crippen LogP contribution >= 0.6 is 0 Å². The average molecular weight is 134 g/mol. The summed E-state index contributed by atoms with van der Waals surface area (Å²) in [5.41, 5.74) is 0. The third kappa shape index (κ3) is 3.90. The van der Waals surface area contributed by atoms with Gasteiger partial charge in [-0.25, -0.2) is 0 Å². The normalized spacial score (nSPS) is 9.89. The van der Waals surface area contributed by atoms with Crippen molar-refractivity contribution in [1.82, 2.24) is 10.0 Å². The summed E-state index contributed by atoms with van der Waals surface area (Å²) < 4.78 is 11.9. The van der Waals surface area contributed by atoms with E-state index in [2.05, 4.69) is 0 Å². The molecule has 0 aromatic rings. The first kappa shape index (κ1) is 8.36. The van der Waals surface area contributed by atoms with Crippen LogP contribution in [0.3, 0.4) is 0 Å². The van der Waals surface area contributed by atoms with Crippen LogP contribution < -0.4 is 0 Å². The first-order valence-electron chi connectivity index (χ1n) is 2.61. The molecule has 4 heteroatoms. The lowest BCUT2D eigenvalue weighted by molar-refractivity contribution is -0.143. The molecule has 0 aliphatic carbocycles. The van der Waals surface area contributed by atoms with Gasteiger partial charge in [-0.2, -0.15) is 5.12 Å². The van der Waals surface area contributed by atoms with E-state index in [1.165, 1.54) is 0 Å². The molecule has 0 saturated carbocycles. The molecule has 1 amide bonds. The zero-order chi connectivity index (χ0) is 7.44. The molecule has 0 rings (SSSR count). The molecule has 0 saturated heterocycles. The summed E-state index contributed by atoms with van der Waals surface area (Å²) in [6, 6.07) is 0. The molecule has 0 N–H and O–H groups in total. The second-order valence-corrected chi connectivity index (χ2v) is 2.11. The van der Waals surface area contributed by atoms with E-state index in [1.54, 1.807) is 19.0 Å².